The van der Waals surface area contributed by atoms with Gasteiger partial charge in [0.25, 0.3) is 0 Å². The predicted molar refractivity (Wildman–Crippen MR) is 69.9 cm³/mol. The van der Waals surface area contributed by atoms with Gasteiger partial charge in [-0.25, -0.2) is 9.78 Å². The number of thioether (sulfide) groups is 1. The number of hydrogen-bond donors (Lipinski definition) is 1. The highest BCUT2D eigenvalue weighted by molar-refractivity contribution is 7.98. The second kappa shape index (κ2) is 5.08. The molecular formula is C10H7Cl2N3OS. The molecule has 0 saturated heterocycles. The number of benzene rings is 1. The van der Waals surface area contributed by atoms with Crippen molar-refractivity contribution in [3.63, 3.8) is 0 Å². The maximum atomic E-state index is 11.3. The van der Waals surface area contributed by atoms with E-state index in [-0.39, 0.29) is 0 Å². The van der Waals surface area contributed by atoms with Crippen LogP contribution in [0.2, 0.25) is 10.0 Å². The standard InChI is InChI=1S/C10H7Cl2N3OS/c1-17-10-14-8(13-9(16)15-10)5-2-6(11)4-7(12)3-5/h2-4H,1H3,(H,13,14,15,16). The van der Waals surface area contributed by atoms with Gasteiger partial charge in [0.2, 0.25) is 0 Å². The lowest BCUT2D eigenvalue weighted by atomic mass is 10.2. The number of nitrogens with zero attached hydrogens (tertiary/aromatic N) is 2. The summed E-state index contributed by atoms with van der Waals surface area (Å²) in [6.45, 7) is 0. The zero-order valence-corrected chi connectivity index (χ0v) is 11.0. The van der Waals surface area contributed by atoms with E-state index in [2.05, 4.69) is 15.0 Å². The normalized spacial score (nSPS) is 10.5. The molecular weight excluding hydrogens is 281 g/mol. The highest BCUT2D eigenvalue weighted by atomic mass is 35.5. The molecule has 17 heavy (non-hydrogen) atoms. The largest absolute Gasteiger partial charge is 0.349 e. The average Bonchev–Trinajstić information content (AvgIpc) is 2.26. The molecule has 0 saturated carbocycles. The molecule has 0 unspecified atom stereocenters. The summed E-state index contributed by atoms with van der Waals surface area (Å²) in [5.74, 6) is 0.402. The summed E-state index contributed by atoms with van der Waals surface area (Å²) in [5, 5.41) is 1.37. The van der Waals surface area contributed by atoms with Crippen LogP contribution < -0.4 is 5.69 Å². The second-order valence-electron chi connectivity index (χ2n) is 3.15. The van der Waals surface area contributed by atoms with Crippen LogP contribution in [-0.2, 0) is 0 Å². The maximum Gasteiger partial charge on any atom is 0.349 e. The number of aromatic nitrogens is 3. The van der Waals surface area contributed by atoms with Crippen LogP contribution in [0.25, 0.3) is 11.4 Å². The monoisotopic (exact) mass is 287 g/mol. The molecule has 0 radical (unpaired) electrons. The first-order valence-electron chi connectivity index (χ1n) is 4.57. The quantitative estimate of drug-likeness (QED) is 0.863. The lowest BCUT2D eigenvalue weighted by Crippen LogP contribution is -2.13. The van der Waals surface area contributed by atoms with Gasteiger partial charge in [-0.05, 0) is 24.5 Å². The van der Waals surface area contributed by atoms with Crippen LogP contribution in [0.5, 0.6) is 0 Å². The first-order valence-corrected chi connectivity index (χ1v) is 6.55. The third-order valence-corrected chi connectivity index (χ3v) is 2.93. The van der Waals surface area contributed by atoms with E-state index in [0.29, 0.717) is 26.6 Å². The molecule has 4 nitrogen and oxygen atoms in total. The summed E-state index contributed by atoms with van der Waals surface area (Å²) in [6, 6.07) is 4.97. The zero-order chi connectivity index (χ0) is 12.4. The third-order valence-electron chi connectivity index (χ3n) is 1.95. The Bertz CT molecular complexity index is 594. The van der Waals surface area contributed by atoms with Gasteiger partial charge in [0.15, 0.2) is 5.16 Å². The van der Waals surface area contributed by atoms with E-state index in [9.17, 15) is 4.79 Å². The molecule has 2 aromatic rings. The van der Waals surface area contributed by atoms with Crippen LogP contribution in [0.1, 0.15) is 0 Å². The number of rotatable bonds is 2. The smallest absolute Gasteiger partial charge is 0.290 e. The lowest BCUT2D eigenvalue weighted by molar-refractivity contribution is 0.872. The van der Waals surface area contributed by atoms with Crippen molar-refractivity contribution < 1.29 is 0 Å². The van der Waals surface area contributed by atoms with Crippen molar-refractivity contribution in [1.82, 2.24) is 15.0 Å². The summed E-state index contributed by atoms with van der Waals surface area (Å²) in [5.41, 5.74) is 0.202. The number of nitrogens with one attached hydrogen (secondary N) is 1. The fraction of sp³-hybridized carbons (Fsp3) is 0.100. The second-order valence-corrected chi connectivity index (χ2v) is 4.79. The topological polar surface area (TPSA) is 58.6 Å². The van der Waals surface area contributed by atoms with Gasteiger partial charge in [0.05, 0.1) is 0 Å². The van der Waals surface area contributed by atoms with Crippen LogP contribution in [0.3, 0.4) is 0 Å². The summed E-state index contributed by atoms with van der Waals surface area (Å²) in [6.07, 6.45) is 1.80. The van der Waals surface area contributed by atoms with Crippen LogP contribution in [0.15, 0.2) is 28.2 Å². The van der Waals surface area contributed by atoms with Crippen molar-refractivity contribution in [2.24, 2.45) is 0 Å². The highest BCUT2D eigenvalue weighted by Gasteiger charge is 2.06. The molecule has 1 heterocycles. The molecule has 0 bridgehead atoms. The first-order chi connectivity index (χ1) is 8.08. The SMILES string of the molecule is CSc1nc(-c2cc(Cl)cc(Cl)c2)[nH]c(=O)n1. The van der Waals surface area contributed by atoms with Gasteiger partial charge >= 0.3 is 5.69 Å². The molecule has 0 atom stereocenters. The predicted octanol–water partition coefficient (Wildman–Crippen LogP) is 2.86. The Labute approximate surface area is 111 Å². The van der Waals surface area contributed by atoms with Crippen LogP contribution in [0, 0.1) is 0 Å². The lowest BCUT2D eigenvalue weighted by Gasteiger charge is -2.03. The molecule has 0 amide bonds. The number of H-pyrrole nitrogens is 1. The van der Waals surface area contributed by atoms with E-state index in [0.717, 1.165) is 0 Å². The number of halogens is 2. The highest BCUT2D eigenvalue weighted by Crippen LogP contribution is 2.24. The van der Waals surface area contributed by atoms with E-state index in [4.69, 9.17) is 23.2 Å². The van der Waals surface area contributed by atoms with Crippen molar-refractivity contribution in [2.75, 3.05) is 6.26 Å². The Balaban J connectivity index is 2.59. The van der Waals surface area contributed by atoms with Gasteiger partial charge in [0.1, 0.15) is 5.82 Å². The molecule has 0 aliphatic carbocycles. The van der Waals surface area contributed by atoms with E-state index in [1.165, 1.54) is 11.8 Å². The van der Waals surface area contributed by atoms with Gasteiger partial charge in [0, 0.05) is 15.6 Å². The van der Waals surface area contributed by atoms with Crippen molar-refractivity contribution in [3.8, 4) is 11.4 Å². The molecule has 0 aliphatic heterocycles. The van der Waals surface area contributed by atoms with Crippen LogP contribution >= 0.6 is 35.0 Å². The Hall–Kier alpha value is -1.04. The number of aromatic amines is 1. The number of hydrogen-bond acceptors (Lipinski definition) is 4. The van der Waals surface area contributed by atoms with E-state index in [1.807, 2.05) is 0 Å². The minimum Gasteiger partial charge on any atom is -0.290 e. The van der Waals surface area contributed by atoms with Gasteiger partial charge < -0.3 is 0 Å². The summed E-state index contributed by atoms with van der Waals surface area (Å²) < 4.78 is 0. The van der Waals surface area contributed by atoms with Gasteiger partial charge in [-0.3, -0.25) is 4.98 Å². The average molecular weight is 288 g/mol. The van der Waals surface area contributed by atoms with Gasteiger partial charge in [-0.2, -0.15) is 4.98 Å². The first kappa shape index (κ1) is 12.4. The Morgan fingerprint density at radius 3 is 2.41 bits per heavy atom. The molecule has 1 N–H and O–H groups in total. The van der Waals surface area contributed by atoms with Crippen molar-refractivity contribution in [2.45, 2.75) is 5.16 Å². The Morgan fingerprint density at radius 2 is 1.82 bits per heavy atom. The minimum absolute atomic E-state index is 0.402. The molecule has 0 spiro atoms. The van der Waals surface area contributed by atoms with E-state index in [1.54, 1.807) is 24.5 Å². The third kappa shape index (κ3) is 3.00. The van der Waals surface area contributed by atoms with Crippen molar-refractivity contribution >= 4 is 35.0 Å². The fourth-order valence-corrected chi connectivity index (χ4v) is 2.17. The molecule has 0 fully saturated rings. The van der Waals surface area contributed by atoms with Crippen LogP contribution in [-0.4, -0.2) is 21.2 Å². The summed E-state index contributed by atoms with van der Waals surface area (Å²) in [7, 11) is 0. The molecule has 2 rings (SSSR count). The van der Waals surface area contributed by atoms with Gasteiger partial charge in [-0.1, -0.05) is 35.0 Å². The van der Waals surface area contributed by atoms with E-state index >= 15 is 0 Å². The molecule has 7 heteroatoms. The summed E-state index contributed by atoms with van der Waals surface area (Å²) >= 11 is 13.1. The Kier molecular flexibility index (Phi) is 3.71. The zero-order valence-electron chi connectivity index (χ0n) is 8.70. The van der Waals surface area contributed by atoms with Crippen molar-refractivity contribution in [1.29, 1.82) is 0 Å². The Morgan fingerprint density at radius 1 is 1.18 bits per heavy atom. The molecule has 1 aromatic heterocycles. The maximum absolute atomic E-state index is 11.3. The fourth-order valence-electron chi connectivity index (χ4n) is 1.28. The molecule has 88 valence electrons. The molecule has 1 aromatic carbocycles. The van der Waals surface area contributed by atoms with E-state index < -0.39 is 5.69 Å². The van der Waals surface area contributed by atoms with Crippen LogP contribution in [0.4, 0.5) is 0 Å². The summed E-state index contributed by atoms with van der Waals surface area (Å²) in [4.78, 5) is 21.8. The van der Waals surface area contributed by atoms with Crippen molar-refractivity contribution in [3.05, 3.63) is 38.7 Å². The molecule has 0 aliphatic rings. The minimum atomic E-state index is -0.449. The van der Waals surface area contributed by atoms with Gasteiger partial charge in [-0.15, -0.1) is 0 Å².